The summed E-state index contributed by atoms with van der Waals surface area (Å²) in [5, 5.41) is 12.7. The quantitative estimate of drug-likeness (QED) is 0.709. The zero-order valence-electron chi connectivity index (χ0n) is 12.2. The van der Waals surface area contributed by atoms with Crippen LogP contribution in [0.1, 0.15) is 33.1 Å². The van der Waals surface area contributed by atoms with Gasteiger partial charge >= 0.3 is 5.97 Å². The molecule has 1 aliphatic carbocycles. The van der Waals surface area contributed by atoms with Crippen LogP contribution in [0.15, 0.2) is 0 Å². The molecule has 0 radical (unpaired) electrons. The van der Waals surface area contributed by atoms with Crippen LogP contribution in [-0.2, 0) is 4.79 Å². The maximum atomic E-state index is 11.5. The van der Waals surface area contributed by atoms with Crippen LogP contribution in [0, 0.1) is 0 Å². The molecule has 1 saturated carbocycles. The lowest BCUT2D eigenvalue weighted by atomic mass is 9.97. The molecular weight excluding hydrogens is 242 g/mol. The summed E-state index contributed by atoms with van der Waals surface area (Å²) < 4.78 is 0. The van der Waals surface area contributed by atoms with E-state index < -0.39 is 11.5 Å². The van der Waals surface area contributed by atoms with Crippen molar-refractivity contribution >= 4 is 5.97 Å². The Hall–Kier alpha value is -0.650. The second kappa shape index (κ2) is 6.20. The van der Waals surface area contributed by atoms with Gasteiger partial charge < -0.3 is 14.9 Å². The molecule has 5 heteroatoms. The molecule has 1 heterocycles. The van der Waals surface area contributed by atoms with Crippen molar-refractivity contribution < 1.29 is 9.90 Å². The third-order valence-electron chi connectivity index (χ3n) is 4.41. The van der Waals surface area contributed by atoms with Crippen molar-refractivity contribution in [1.82, 2.24) is 15.1 Å². The minimum atomic E-state index is -0.761. The van der Waals surface area contributed by atoms with E-state index in [0.717, 1.165) is 52.1 Å². The molecule has 0 aromatic rings. The van der Waals surface area contributed by atoms with Crippen LogP contribution in [0.5, 0.6) is 0 Å². The van der Waals surface area contributed by atoms with Crippen molar-refractivity contribution in [2.75, 3.05) is 39.3 Å². The molecule has 110 valence electrons. The van der Waals surface area contributed by atoms with Gasteiger partial charge in [0.05, 0.1) is 0 Å². The maximum Gasteiger partial charge on any atom is 0.323 e. The average Bonchev–Trinajstić information content (AvgIpc) is 3.20. The van der Waals surface area contributed by atoms with Gasteiger partial charge in [-0.2, -0.15) is 0 Å². The van der Waals surface area contributed by atoms with E-state index in [4.69, 9.17) is 0 Å². The Morgan fingerprint density at radius 2 is 1.84 bits per heavy atom. The highest BCUT2D eigenvalue weighted by Crippen LogP contribution is 2.24. The highest BCUT2D eigenvalue weighted by molar-refractivity contribution is 5.78. The zero-order valence-corrected chi connectivity index (χ0v) is 12.2. The molecule has 1 saturated heterocycles. The summed E-state index contributed by atoms with van der Waals surface area (Å²) in [5.74, 6) is -0.716. The first kappa shape index (κ1) is 14.8. The van der Waals surface area contributed by atoms with Gasteiger partial charge in [-0.15, -0.1) is 0 Å². The van der Waals surface area contributed by atoms with E-state index in [0.29, 0.717) is 12.5 Å². The molecule has 5 nitrogen and oxygen atoms in total. The van der Waals surface area contributed by atoms with Gasteiger partial charge in [-0.1, -0.05) is 6.92 Å². The predicted octanol–water partition coefficient (Wildman–Crippen LogP) is 0.609. The monoisotopic (exact) mass is 269 g/mol. The van der Waals surface area contributed by atoms with Crippen LogP contribution in [0.25, 0.3) is 0 Å². The lowest BCUT2D eigenvalue weighted by Crippen LogP contribution is -2.54. The summed E-state index contributed by atoms with van der Waals surface area (Å²) in [5.41, 5.74) is -0.761. The Labute approximate surface area is 115 Å². The minimum Gasteiger partial charge on any atom is -0.480 e. The number of carbonyl (C=O) groups is 1. The Balaban J connectivity index is 1.77. The van der Waals surface area contributed by atoms with Gasteiger partial charge in [-0.3, -0.25) is 10.1 Å². The second-order valence-electron chi connectivity index (χ2n) is 6.08. The first-order valence-corrected chi connectivity index (χ1v) is 7.49. The molecule has 1 unspecified atom stereocenters. The van der Waals surface area contributed by atoms with Crippen molar-refractivity contribution in [3.63, 3.8) is 0 Å². The molecule has 19 heavy (non-hydrogen) atoms. The van der Waals surface area contributed by atoms with Crippen LogP contribution in [0.2, 0.25) is 0 Å². The molecule has 2 aliphatic rings. The normalized spacial score (nSPS) is 25.2. The Kier molecular flexibility index (Phi) is 4.81. The first-order chi connectivity index (χ1) is 9.03. The van der Waals surface area contributed by atoms with Gasteiger partial charge in [0, 0.05) is 38.8 Å². The summed E-state index contributed by atoms with van der Waals surface area (Å²) in [6, 6.07) is 0.429. The Morgan fingerprint density at radius 1 is 1.26 bits per heavy atom. The van der Waals surface area contributed by atoms with Crippen LogP contribution in [0.4, 0.5) is 0 Å². The molecule has 0 amide bonds. The second-order valence-corrected chi connectivity index (χ2v) is 6.08. The molecule has 1 aliphatic heterocycles. The number of piperazine rings is 1. The summed E-state index contributed by atoms with van der Waals surface area (Å²) in [6.07, 6.45) is 2.93. The van der Waals surface area contributed by atoms with Crippen LogP contribution < -0.4 is 5.32 Å². The topological polar surface area (TPSA) is 55.8 Å². The van der Waals surface area contributed by atoms with Gasteiger partial charge in [0.15, 0.2) is 0 Å². The van der Waals surface area contributed by atoms with Crippen molar-refractivity contribution in [1.29, 1.82) is 0 Å². The molecule has 2 N–H and O–H groups in total. The van der Waals surface area contributed by atoms with E-state index in [1.165, 1.54) is 0 Å². The number of rotatable bonds is 7. The van der Waals surface area contributed by atoms with Crippen LogP contribution in [-0.4, -0.2) is 71.7 Å². The third-order valence-corrected chi connectivity index (χ3v) is 4.41. The smallest absolute Gasteiger partial charge is 0.323 e. The lowest BCUT2D eigenvalue weighted by Gasteiger charge is -2.36. The van der Waals surface area contributed by atoms with E-state index in [9.17, 15) is 9.90 Å². The lowest BCUT2D eigenvalue weighted by molar-refractivity contribution is -0.144. The molecule has 2 rings (SSSR count). The van der Waals surface area contributed by atoms with E-state index >= 15 is 0 Å². The molecule has 0 aromatic carbocycles. The number of hydrogen-bond donors (Lipinski definition) is 2. The molecule has 0 spiro atoms. The highest BCUT2D eigenvalue weighted by atomic mass is 16.4. The van der Waals surface area contributed by atoms with Crippen molar-refractivity contribution in [2.24, 2.45) is 0 Å². The largest absolute Gasteiger partial charge is 0.480 e. The van der Waals surface area contributed by atoms with Gasteiger partial charge in [-0.05, 0) is 32.7 Å². The fourth-order valence-corrected chi connectivity index (χ4v) is 2.63. The van der Waals surface area contributed by atoms with Gasteiger partial charge in [-0.25, -0.2) is 0 Å². The van der Waals surface area contributed by atoms with Crippen molar-refractivity contribution in [3.05, 3.63) is 0 Å². The number of aliphatic carboxylic acids is 1. The van der Waals surface area contributed by atoms with E-state index in [-0.39, 0.29) is 0 Å². The van der Waals surface area contributed by atoms with Gasteiger partial charge in [0.25, 0.3) is 0 Å². The molecule has 2 fully saturated rings. The summed E-state index contributed by atoms with van der Waals surface area (Å²) in [4.78, 5) is 16.3. The number of likely N-dealkylation sites (N-methyl/N-ethyl adjacent to an activating group) is 1. The number of nitrogens with one attached hydrogen (secondary N) is 1. The van der Waals surface area contributed by atoms with E-state index in [1.807, 2.05) is 6.92 Å². The Bertz CT molecular complexity index is 312. The highest BCUT2D eigenvalue weighted by Gasteiger charge is 2.38. The molecule has 0 aromatic heterocycles. The fraction of sp³-hybridized carbons (Fsp3) is 0.929. The Morgan fingerprint density at radius 3 is 2.32 bits per heavy atom. The molecule has 1 atom stereocenters. The zero-order chi connectivity index (χ0) is 13.9. The average molecular weight is 269 g/mol. The predicted molar refractivity (Wildman–Crippen MR) is 75.4 cm³/mol. The van der Waals surface area contributed by atoms with Crippen molar-refractivity contribution in [3.8, 4) is 0 Å². The summed E-state index contributed by atoms with van der Waals surface area (Å²) in [7, 11) is 0. The van der Waals surface area contributed by atoms with E-state index in [1.54, 1.807) is 0 Å². The maximum absolute atomic E-state index is 11.5. The first-order valence-electron chi connectivity index (χ1n) is 7.49. The number of hydrogen-bond acceptors (Lipinski definition) is 4. The number of nitrogens with zero attached hydrogens (tertiary/aromatic N) is 2. The molecular formula is C14H27N3O2. The SMILES string of the molecule is CCN1CCN(CCC(C)(NC2CC2)C(=O)O)CC1. The number of carboxylic acid groups (broad SMARTS) is 1. The van der Waals surface area contributed by atoms with Gasteiger partial charge in [0.1, 0.15) is 5.54 Å². The standard InChI is InChI=1S/C14H27N3O2/c1-3-16-8-10-17(11-9-16)7-6-14(2,13(18)19)15-12-4-5-12/h12,15H,3-11H2,1-2H3,(H,18,19). The number of carboxylic acids is 1. The van der Waals surface area contributed by atoms with Crippen LogP contribution >= 0.6 is 0 Å². The third kappa shape index (κ3) is 4.16. The fourth-order valence-electron chi connectivity index (χ4n) is 2.63. The van der Waals surface area contributed by atoms with Crippen molar-refractivity contribution in [2.45, 2.75) is 44.7 Å². The molecule has 0 bridgehead atoms. The van der Waals surface area contributed by atoms with Gasteiger partial charge in [0.2, 0.25) is 0 Å². The summed E-state index contributed by atoms with van der Waals surface area (Å²) >= 11 is 0. The van der Waals surface area contributed by atoms with Crippen LogP contribution in [0.3, 0.4) is 0 Å². The van der Waals surface area contributed by atoms with E-state index in [2.05, 4.69) is 22.0 Å². The minimum absolute atomic E-state index is 0.429. The summed E-state index contributed by atoms with van der Waals surface area (Å²) in [6.45, 7) is 10.4.